The molecule has 0 unspecified atom stereocenters. The number of para-hydroxylation sites is 1. The minimum Gasteiger partial charge on any atom is -0.356 e. The Balaban J connectivity index is 1.50. The molecule has 0 radical (unpaired) electrons. The normalized spacial score (nSPS) is 17.2. The number of nitrogens with one attached hydrogen (secondary N) is 1. The van der Waals surface area contributed by atoms with E-state index in [2.05, 4.69) is 59.4 Å². The van der Waals surface area contributed by atoms with E-state index >= 15 is 0 Å². The molecule has 1 aliphatic heterocycles. The zero-order valence-electron chi connectivity index (χ0n) is 16.9. The summed E-state index contributed by atoms with van der Waals surface area (Å²) < 4.78 is 2.27. The number of hydrogen-bond acceptors (Lipinski definition) is 3. The standard InChI is InChI=1S/C21H31N5S/c1-17-18(15-26(24-17)19-10-6-5-7-11-19)9-8-12-23-20(22-4)25-13-14-27-21(2,3)16-25/h5-7,10-11,15H,8-9,12-14,16H2,1-4H3,(H,22,23). The number of aromatic nitrogens is 2. The van der Waals surface area contributed by atoms with Gasteiger partial charge >= 0.3 is 0 Å². The van der Waals surface area contributed by atoms with Crippen LogP contribution < -0.4 is 5.32 Å². The SMILES string of the molecule is CN=C(NCCCc1cn(-c2ccccc2)nc1C)N1CCSC(C)(C)C1. The molecule has 0 aliphatic carbocycles. The number of guanidine groups is 1. The molecule has 6 heteroatoms. The van der Waals surface area contributed by atoms with Crippen LogP contribution in [0, 0.1) is 6.92 Å². The first kappa shape index (κ1) is 19.8. The zero-order valence-corrected chi connectivity index (χ0v) is 17.7. The third-order valence-electron chi connectivity index (χ3n) is 4.86. The highest BCUT2D eigenvalue weighted by Gasteiger charge is 2.28. The summed E-state index contributed by atoms with van der Waals surface area (Å²) in [6.07, 6.45) is 4.24. The lowest BCUT2D eigenvalue weighted by atomic mass is 10.1. The number of aliphatic imine (C=N–C) groups is 1. The third kappa shape index (κ3) is 5.28. The Bertz CT molecular complexity index is 766. The molecule has 1 aromatic heterocycles. The quantitative estimate of drug-likeness (QED) is 0.486. The van der Waals surface area contributed by atoms with Crippen molar-refractivity contribution in [2.75, 3.05) is 32.4 Å². The van der Waals surface area contributed by atoms with E-state index in [0.717, 1.165) is 55.6 Å². The van der Waals surface area contributed by atoms with Gasteiger partial charge in [-0.25, -0.2) is 4.68 Å². The summed E-state index contributed by atoms with van der Waals surface area (Å²) in [5, 5.41) is 8.21. The summed E-state index contributed by atoms with van der Waals surface area (Å²) in [6.45, 7) is 9.74. The van der Waals surface area contributed by atoms with Crippen molar-refractivity contribution in [2.24, 2.45) is 4.99 Å². The highest BCUT2D eigenvalue weighted by atomic mass is 32.2. The predicted octanol–water partition coefficient (Wildman–Crippen LogP) is 3.52. The van der Waals surface area contributed by atoms with E-state index in [0.29, 0.717) is 4.75 Å². The van der Waals surface area contributed by atoms with Crippen molar-refractivity contribution in [3.05, 3.63) is 47.8 Å². The first-order valence-corrected chi connectivity index (χ1v) is 10.7. The Morgan fingerprint density at radius 2 is 2.07 bits per heavy atom. The lowest BCUT2D eigenvalue weighted by molar-refractivity contribution is 0.375. The summed E-state index contributed by atoms with van der Waals surface area (Å²) in [7, 11) is 1.88. The van der Waals surface area contributed by atoms with Gasteiger partial charge in [-0.05, 0) is 51.3 Å². The van der Waals surface area contributed by atoms with E-state index in [1.54, 1.807) is 0 Å². The van der Waals surface area contributed by atoms with E-state index in [9.17, 15) is 0 Å². The first-order chi connectivity index (χ1) is 13.0. The molecule has 27 heavy (non-hydrogen) atoms. The Labute approximate surface area is 167 Å². The second kappa shape index (κ2) is 8.83. The van der Waals surface area contributed by atoms with Crippen molar-refractivity contribution >= 4 is 17.7 Å². The van der Waals surface area contributed by atoms with E-state index in [1.165, 1.54) is 5.56 Å². The van der Waals surface area contributed by atoms with Gasteiger partial charge in [0.2, 0.25) is 0 Å². The Hall–Kier alpha value is -1.95. The second-order valence-corrected chi connectivity index (χ2v) is 9.43. The molecular weight excluding hydrogens is 354 g/mol. The van der Waals surface area contributed by atoms with Crippen molar-refractivity contribution in [3.8, 4) is 5.69 Å². The van der Waals surface area contributed by atoms with E-state index in [4.69, 9.17) is 0 Å². The molecule has 5 nitrogen and oxygen atoms in total. The molecule has 146 valence electrons. The van der Waals surface area contributed by atoms with Gasteiger partial charge in [0.05, 0.1) is 11.4 Å². The van der Waals surface area contributed by atoms with Gasteiger partial charge in [0.25, 0.3) is 0 Å². The summed E-state index contributed by atoms with van der Waals surface area (Å²) in [5.74, 6) is 2.19. The van der Waals surface area contributed by atoms with Gasteiger partial charge < -0.3 is 10.2 Å². The van der Waals surface area contributed by atoms with Crippen LogP contribution in [-0.4, -0.2) is 57.8 Å². The number of nitrogens with zero attached hydrogens (tertiary/aromatic N) is 4. The Morgan fingerprint density at radius 1 is 1.30 bits per heavy atom. The fourth-order valence-corrected chi connectivity index (χ4v) is 4.57. The van der Waals surface area contributed by atoms with Crippen LogP contribution in [0.1, 0.15) is 31.5 Å². The number of hydrogen-bond donors (Lipinski definition) is 1. The van der Waals surface area contributed by atoms with Gasteiger partial charge in [0.1, 0.15) is 0 Å². The summed E-state index contributed by atoms with van der Waals surface area (Å²) >= 11 is 2.05. The van der Waals surface area contributed by atoms with Crippen molar-refractivity contribution < 1.29 is 0 Å². The van der Waals surface area contributed by atoms with Crippen LogP contribution >= 0.6 is 11.8 Å². The molecule has 2 aromatic rings. The maximum Gasteiger partial charge on any atom is 0.193 e. The summed E-state index contributed by atoms with van der Waals surface area (Å²) in [5.41, 5.74) is 3.53. The predicted molar refractivity (Wildman–Crippen MR) is 116 cm³/mol. The van der Waals surface area contributed by atoms with E-state index < -0.39 is 0 Å². The zero-order chi connectivity index (χ0) is 19.3. The average Bonchev–Trinajstić information content (AvgIpc) is 3.02. The summed E-state index contributed by atoms with van der Waals surface area (Å²) in [6, 6.07) is 10.3. The van der Waals surface area contributed by atoms with E-state index in [1.807, 2.05) is 41.7 Å². The van der Waals surface area contributed by atoms with Gasteiger partial charge in [-0.3, -0.25) is 4.99 Å². The van der Waals surface area contributed by atoms with Gasteiger partial charge in [-0.2, -0.15) is 16.9 Å². The maximum absolute atomic E-state index is 4.66. The average molecular weight is 386 g/mol. The monoisotopic (exact) mass is 385 g/mol. The number of benzene rings is 1. The first-order valence-electron chi connectivity index (χ1n) is 9.69. The van der Waals surface area contributed by atoms with Gasteiger partial charge in [-0.15, -0.1) is 0 Å². The molecular formula is C21H31N5S. The van der Waals surface area contributed by atoms with Crippen LogP contribution in [0.25, 0.3) is 5.69 Å². The maximum atomic E-state index is 4.66. The number of rotatable bonds is 5. The van der Waals surface area contributed by atoms with Crippen LogP contribution in [0.3, 0.4) is 0 Å². The van der Waals surface area contributed by atoms with Crippen molar-refractivity contribution in [1.29, 1.82) is 0 Å². The summed E-state index contributed by atoms with van der Waals surface area (Å²) in [4.78, 5) is 6.87. The molecule has 1 aliphatic rings. The molecule has 3 rings (SSSR count). The smallest absolute Gasteiger partial charge is 0.193 e. The minimum absolute atomic E-state index is 0.291. The second-order valence-electron chi connectivity index (χ2n) is 7.63. The molecule has 0 amide bonds. The van der Waals surface area contributed by atoms with Crippen LogP contribution in [0.4, 0.5) is 0 Å². The molecule has 1 aromatic carbocycles. The molecule has 0 saturated carbocycles. The topological polar surface area (TPSA) is 45.5 Å². The molecule has 0 spiro atoms. The lowest BCUT2D eigenvalue weighted by Crippen LogP contribution is -2.51. The van der Waals surface area contributed by atoms with Crippen molar-refractivity contribution in [2.45, 2.75) is 38.4 Å². The van der Waals surface area contributed by atoms with Crippen LogP contribution in [0.15, 0.2) is 41.5 Å². The fraction of sp³-hybridized carbons (Fsp3) is 0.524. The lowest BCUT2D eigenvalue weighted by Gasteiger charge is -2.39. The van der Waals surface area contributed by atoms with Gasteiger partial charge in [0, 0.05) is 43.4 Å². The van der Waals surface area contributed by atoms with Crippen LogP contribution in [0.2, 0.25) is 0 Å². The van der Waals surface area contributed by atoms with Crippen molar-refractivity contribution in [1.82, 2.24) is 20.0 Å². The number of thioether (sulfide) groups is 1. The Kier molecular flexibility index (Phi) is 6.47. The largest absolute Gasteiger partial charge is 0.356 e. The van der Waals surface area contributed by atoms with Gasteiger partial charge in [0.15, 0.2) is 5.96 Å². The molecule has 0 atom stereocenters. The van der Waals surface area contributed by atoms with E-state index in [-0.39, 0.29) is 0 Å². The highest BCUT2D eigenvalue weighted by molar-refractivity contribution is 8.00. The third-order valence-corrected chi connectivity index (χ3v) is 6.16. The number of aryl methyl sites for hydroxylation is 2. The van der Waals surface area contributed by atoms with Gasteiger partial charge in [-0.1, -0.05) is 18.2 Å². The van der Waals surface area contributed by atoms with Crippen LogP contribution in [0.5, 0.6) is 0 Å². The molecule has 1 N–H and O–H groups in total. The Morgan fingerprint density at radius 3 is 2.78 bits per heavy atom. The van der Waals surface area contributed by atoms with Crippen LogP contribution in [-0.2, 0) is 6.42 Å². The molecule has 0 bridgehead atoms. The van der Waals surface area contributed by atoms with Crippen molar-refractivity contribution in [3.63, 3.8) is 0 Å². The highest BCUT2D eigenvalue weighted by Crippen LogP contribution is 2.29. The fourth-order valence-electron chi connectivity index (χ4n) is 3.46. The minimum atomic E-state index is 0.291. The molecule has 2 heterocycles. The molecule has 1 fully saturated rings. The molecule has 1 saturated heterocycles.